The molecule has 16 nitrogen and oxygen atoms in total. The number of hydrogen-bond acceptors (Lipinski definition) is 7. The number of fused-ring (bicyclic) bond motifs is 1. The summed E-state index contributed by atoms with van der Waals surface area (Å²) in [6, 6.07) is 9.00. The van der Waals surface area contributed by atoms with Crippen molar-refractivity contribution in [3.05, 3.63) is 71.9 Å². The van der Waals surface area contributed by atoms with Crippen molar-refractivity contribution >= 4 is 52.4 Å². The second-order valence-corrected chi connectivity index (χ2v) is 15.4. The average molecular weight is 803 g/mol. The van der Waals surface area contributed by atoms with Crippen LogP contribution in [0.3, 0.4) is 0 Å². The molecule has 58 heavy (non-hydrogen) atoms. The Morgan fingerprint density at radius 1 is 0.845 bits per heavy atom. The van der Waals surface area contributed by atoms with Crippen LogP contribution in [0.1, 0.15) is 71.4 Å². The van der Waals surface area contributed by atoms with Crippen LogP contribution < -0.4 is 31.9 Å². The van der Waals surface area contributed by atoms with Crippen molar-refractivity contribution in [2.75, 3.05) is 13.6 Å². The van der Waals surface area contributed by atoms with Crippen LogP contribution in [0.5, 0.6) is 0 Å². The fourth-order valence-electron chi connectivity index (χ4n) is 6.83. The van der Waals surface area contributed by atoms with E-state index in [9.17, 15) is 38.7 Å². The smallest absolute Gasteiger partial charge is 0.326 e. The summed E-state index contributed by atoms with van der Waals surface area (Å²) in [5.74, 6) is -5.03. The van der Waals surface area contributed by atoms with Gasteiger partial charge >= 0.3 is 12.0 Å². The number of carbonyl (C=O) groups excluding carboxylic acids is 6. The summed E-state index contributed by atoms with van der Waals surface area (Å²) in [5.41, 5.74) is 2.36. The van der Waals surface area contributed by atoms with Gasteiger partial charge in [0.05, 0.1) is 0 Å². The number of hydrogen-bond donors (Lipinski definition) is 8. The second-order valence-electron chi connectivity index (χ2n) is 15.4. The van der Waals surface area contributed by atoms with Gasteiger partial charge in [-0.05, 0) is 55.2 Å². The molecule has 16 heteroatoms. The summed E-state index contributed by atoms with van der Waals surface area (Å²) in [6.07, 6.45) is 3.24. The Balaban J connectivity index is 1.71. The van der Waals surface area contributed by atoms with E-state index in [-0.39, 0.29) is 25.8 Å². The lowest BCUT2D eigenvalue weighted by molar-refractivity contribution is -0.142. The number of carbonyl (C=O) groups is 7. The number of amides is 7. The molecule has 0 radical (unpaired) electrons. The Labute approximate surface area is 339 Å². The molecule has 7 atom stereocenters. The van der Waals surface area contributed by atoms with Crippen molar-refractivity contribution in [1.29, 1.82) is 0 Å². The topological polar surface area (TPSA) is 231 Å². The van der Waals surface area contributed by atoms with E-state index in [4.69, 9.17) is 0 Å². The molecule has 2 aromatic carbocycles. The Kier molecular flexibility index (Phi) is 16.2. The number of carboxylic acid groups (broad SMARTS) is 1. The van der Waals surface area contributed by atoms with Gasteiger partial charge in [-0.1, -0.05) is 82.6 Å². The zero-order chi connectivity index (χ0) is 42.5. The third-order valence-electron chi connectivity index (χ3n) is 10.8. The first-order valence-electron chi connectivity index (χ1n) is 19.9. The summed E-state index contributed by atoms with van der Waals surface area (Å²) in [4.78, 5) is 99.5. The number of carboxylic acids is 1. The second kappa shape index (κ2) is 21.0. The predicted octanol–water partition coefficient (Wildman–Crippen LogP) is 2.38. The number of benzene rings is 2. The van der Waals surface area contributed by atoms with E-state index in [2.05, 4.69) is 36.9 Å². The predicted molar refractivity (Wildman–Crippen MR) is 218 cm³/mol. The van der Waals surface area contributed by atoms with Crippen LogP contribution in [-0.4, -0.2) is 106 Å². The lowest BCUT2D eigenvalue weighted by atomic mass is 9.96. The van der Waals surface area contributed by atoms with Crippen molar-refractivity contribution in [2.24, 2.45) is 11.8 Å². The third kappa shape index (κ3) is 12.0. The standard InChI is InChI=1S/C42H58N8O8/c1-7-25(4)35-39(54)46-33(22-28-23-44-30-18-12-11-17-29(28)30)40(55)50(6)26(5)36(51)45-32(21-27-15-9-8-10-16-27)37(52)43-20-14-13-19-31(38(53)48-35)47-42(58)49-34(24(2)3)41(56)57/h8-12,15-18,23-26,31-35,44H,7,13-14,19-22H2,1-6H3,(H,43,52)(H,45,51)(H,46,54)(H,48,53)(H,56,57)(H2,47,49,58)/t25?,26-,31-,32-,33-,34+,35-/m1/s1. The maximum atomic E-state index is 14.4. The average Bonchev–Trinajstić information content (AvgIpc) is 3.61. The number of aliphatic carboxylic acids is 1. The van der Waals surface area contributed by atoms with Gasteiger partial charge in [0.15, 0.2) is 0 Å². The van der Waals surface area contributed by atoms with Crippen molar-refractivity contribution in [3.63, 3.8) is 0 Å². The number of aromatic amines is 1. The first-order valence-corrected chi connectivity index (χ1v) is 19.9. The Hall–Kier alpha value is -5.93. The molecule has 0 aliphatic carbocycles. The van der Waals surface area contributed by atoms with E-state index < -0.39 is 89.6 Å². The van der Waals surface area contributed by atoms with Gasteiger partial charge in [0.2, 0.25) is 29.5 Å². The number of aromatic nitrogens is 1. The number of para-hydroxylation sites is 1. The van der Waals surface area contributed by atoms with Crippen molar-refractivity contribution in [2.45, 2.75) is 109 Å². The maximum absolute atomic E-state index is 14.4. The van der Waals surface area contributed by atoms with Crippen LogP contribution in [-0.2, 0) is 41.6 Å². The number of nitrogens with one attached hydrogen (secondary N) is 7. The highest BCUT2D eigenvalue weighted by molar-refractivity contribution is 5.97. The van der Waals surface area contributed by atoms with Gasteiger partial charge in [-0.15, -0.1) is 0 Å². The van der Waals surface area contributed by atoms with E-state index in [1.165, 1.54) is 11.9 Å². The monoisotopic (exact) mass is 802 g/mol. The van der Waals surface area contributed by atoms with E-state index in [1.54, 1.807) is 33.9 Å². The summed E-state index contributed by atoms with van der Waals surface area (Å²) in [5, 5.41) is 26.9. The molecule has 0 saturated carbocycles. The van der Waals surface area contributed by atoms with Crippen LogP contribution in [0.2, 0.25) is 0 Å². The largest absolute Gasteiger partial charge is 0.480 e. The Bertz CT molecular complexity index is 1920. The van der Waals surface area contributed by atoms with Gasteiger partial charge in [0.1, 0.15) is 36.3 Å². The fraction of sp³-hybridized carbons (Fsp3) is 0.500. The van der Waals surface area contributed by atoms with E-state index in [1.807, 2.05) is 61.5 Å². The molecule has 3 aromatic rings. The number of rotatable bonds is 10. The normalized spacial score (nSPS) is 23.0. The van der Waals surface area contributed by atoms with Gasteiger partial charge in [-0.2, -0.15) is 0 Å². The van der Waals surface area contributed by atoms with Crippen molar-refractivity contribution in [1.82, 2.24) is 41.8 Å². The SMILES string of the molecule is CCC(C)[C@H]1NC(=O)[C@H](NC(=O)N[C@H](C(=O)O)C(C)C)CCCCNC(=O)[C@@H](Cc2ccccc2)NC(=O)[C@@H](C)N(C)C(=O)[C@@H](Cc2c[nH]c3ccccc23)NC1=O. The number of H-pyrrole nitrogens is 1. The van der Waals surface area contributed by atoms with E-state index in [0.717, 1.165) is 22.0 Å². The molecule has 1 fully saturated rings. The molecule has 4 rings (SSSR count). The van der Waals surface area contributed by atoms with Crippen LogP contribution in [0.25, 0.3) is 10.9 Å². The van der Waals surface area contributed by atoms with Crippen LogP contribution >= 0.6 is 0 Å². The van der Waals surface area contributed by atoms with Crippen molar-refractivity contribution in [3.8, 4) is 0 Å². The Morgan fingerprint density at radius 2 is 1.52 bits per heavy atom. The molecule has 1 unspecified atom stereocenters. The van der Waals surface area contributed by atoms with Crippen LogP contribution in [0.15, 0.2) is 60.8 Å². The molecule has 314 valence electrons. The molecule has 8 N–H and O–H groups in total. The third-order valence-corrected chi connectivity index (χ3v) is 10.8. The van der Waals surface area contributed by atoms with E-state index >= 15 is 0 Å². The molecule has 7 amide bonds. The van der Waals surface area contributed by atoms with Gasteiger partial charge in [-0.3, -0.25) is 24.0 Å². The lowest BCUT2D eigenvalue weighted by Gasteiger charge is -2.32. The minimum atomic E-state index is -1.24. The highest BCUT2D eigenvalue weighted by atomic mass is 16.4. The summed E-state index contributed by atoms with van der Waals surface area (Å²) in [7, 11) is 1.46. The molecular weight excluding hydrogens is 745 g/mol. The molecule has 2 heterocycles. The zero-order valence-electron chi connectivity index (χ0n) is 34.1. The molecule has 1 aliphatic heterocycles. The Morgan fingerprint density at radius 3 is 2.19 bits per heavy atom. The molecule has 1 aliphatic rings. The molecule has 0 bridgehead atoms. The molecule has 1 saturated heterocycles. The molecule has 1 aromatic heterocycles. The lowest BCUT2D eigenvalue weighted by Crippen LogP contribution is -2.61. The molecular formula is C42H58N8O8. The van der Waals surface area contributed by atoms with Gasteiger partial charge in [0.25, 0.3) is 0 Å². The first kappa shape index (κ1) is 44.8. The van der Waals surface area contributed by atoms with Gasteiger partial charge in [-0.25, -0.2) is 9.59 Å². The summed E-state index contributed by atoms with van der Waals surface area (Å²) < 4.78 is 0. The summed E-state index contributed by atoms with van der Waals surface area (Å²) >= 11 is 0. The zero-order valence-corrected chi connectivity index (χ0v) is 34.1. The number of likely N-dealkylation sites (N-methyl/N-ethyl adjacent to an activating group) is 1. The molecule has 0 spiro atoms. The highest BCUT2D eigenvalue weighted by Gasteiger charge is 2.36. The fourth-order valence-corrected chi connectivity index (χ4v) is 6.83. The van der Waals surface area contributed by atoms with Gasteiger partial charge in [0, 0.05) is 43.5 Å². The van der Waals surface area contributed by atoms with Crippen LogP contribution in [0, 0.1) is 11.8 Å². The minimum absolute atomic E-state index is 0.0401. The van der Waals surface area contributed by atoms with E-state index in [0.29, 0.717) is 19.3 Å². The minimum Gasteiger partial charge on any atom is -0.480 e. The first-order chi connectivity index (χ1) is 27.6. The number of urea groups is 1. The highest BCUT2D eigenvalue weighted by Crippen LogP contribution is 2.21. The van der Waals surface area contributed by atoms with Crippen LogP contribution in [0.4, 0.5) is 4.79 Å². The van der Waals surface area contributed by atoms with Crippen molar-refractivity contribution < 1.29 is 38.7 Å². The number of nitrogens with zero attached hydrogens (tertiary/aromatic N) is 1. The summed E-state index contributed by atoms with van der Waals surface area (Å²) in [6.45, 7) is 8.62. The maximum Gasteiger partial charge on any atom is 0.326 e. The van der Waals surface area contributed by atoms with Gasteiger partial charge < -0.3 is 46.9 Å². The quantitative estimate of drug-likeness (QED) is 0.151.